The van der Waals surface area contributed by atoms with Crippen LogP contribution < -0.4 is 4.74 Å². The molecule has 0 N–H and O–H groups in total. The van der Waals surface area contributed by atoms with Crippen LogP contribution in [-0.4, -0.2) is 64.8 Å². The molecule has 1 saturated carbocycles. The van der Waals surface area contributed by atoms with Crippen molar-refractivity contribution in [2.75, 3.05) is 6.61 Å². The first-order valence-corrected chi connectivity index (χ1v) is 18.0. The zero-order valence-corrected chi connectivity index (χ0v) is 28.3. The third kappa shape index (κ3) is 7.08. The van der Waals surface area contributed by atoms with Gasteiger partial charge in [-0.2, -0.15) is 17.6 Å². The molecule has 1 aliphatic carbocycles. The maximum Gasteiger partial charge on any atom is 0.418 e. The Balaban J connectivity index is 1.61. The average Bonchev–Trinajstić information content (AvgIpc) is 3.13. The van der Waals surface area contributed by atoms with Crippen molar-refractivity contribution in [1.82, 2.24) is 14.7 Å². The third-order valence-electron chi connectivity index (χ3n) is 8.93. The minimum atomic E-state index is -4.83. The van der Waals surface area contributed by atoms with Gasteiger partial charge in [-0.15, -0.1) is 5.10 Å². The molecule has 1 aromatic heterocycles. The van der Waals surface area contributed by atoms with Crippen molar-refractivity contribution in [3.8, 4) is 5.75 Å². The Morgan fingerprint density at radius 2 is 1.70 bits per heavy atom. The summed E-state index contributed by atoms with van der Waals surface area (Å²) in [7, 11) is -2.15. The van der Waals surface area contributed by atoms with Crippen molar-refractivity contribution in [3.05, 3.63) is 23.6 Å². The van der Waals surface area contributed by atoms with E-state index in [0.717, 1.165) is 10.7 Å². The molecule has 2 atom stereocenters. The van der Waals surface area contributed by atoms with Gasteiger partial charge < -0.3 is 13.9 Å². The topological polar surface area (TPSA) is 82.9 Å². The number of rotatable bonds is 6. The first kappa shape index (κ1) is 34.2. The molecule has 1 aromatic carbocycles. The standard InChI is InChI=1S/C31H45F4N3O5Si/c1-18-11-21(39)12-19(37(18)27(40)42-28(2,3)4)17-41-22-13-23-25(24(14-22)31(33,34)35)38(36-26(23)32)20-15-30(8,16-20)43-44(9,10)29(5,6)7/h13-14,18-20H,11-12,15-17H2,1-10H3/t18-,19-,20?,30?/m0/s1. The summed E-state index contributed by atoms with van der Waals surface area (Å²) in [5.41, 5.74) is -2.75. The molecule has 13 heteroatoms. The van der Waals surface area contributed by atoms with E-state index in [4.69, 9.17) is 13.9 Å². The number of fused-ring (bicyclic) bond motifs is 1. The van der Waals surface area contributed by atoms with Crippen LogP contribution in [0.1, 0.15) is 92.7 Å². The number of piperidine rings is 1. The molecule has 2 aromatic rings. The van der Waals surface area contributed by atoms with Crippen LogP contribution in [0.5, 0.6) is 5.75 Å². The number of aromatic nitrogens is 2. The first-order chi connectivity index (χ1) is 19.9. The maximum absolute atomic E-state index is 15.2. The van der Waals surface area contributed by atoms with Crippen molar-refractivity contribution in [2.45, 2.75) is 135 Å². The first-order valence-electron chi connectivity index (χ1n) is 15.1. The summed E-state index contributed by atoms with van der Waals surface area (Å²) < 4.78 is 77.5. The highest BCUT2D eigenvalue weighted by Crippen LogP contribution is 2.51. The number of ketones is 1. The zero-order valence-electron chi connectivity index (χ0n) is 27.3. The fourth-order valence-electron chi connectivity index (χ4n) is 5.94. The summed E-state index contributed by atoms with van der Waals surface area (Å²) >= 11 is 0. The van der Waals surface area contributed by atoms with Gasteiger partial charge in [-0.3, -0.25) is 14.4 Å². The molecule has 0 radical (unpaired) electrons. The number of carbonyl (C=O) groups is 2. The van der Waals surface area contributed by atoms with E-state index in [9.17, 15) is 22.8 Å². The summed E-state index contributed by atoms with van der Waals surface area (Å²) in [6.07, 6.45) is -4.58. The Morgan fingerprint density at radius 1 is 1.09 bits per heavy atom. The van der Waals surface area contributed by atoms with Crippen LogP contribution in [0, 0.1) is 5.95 Å². The molecule has 2 fully saturated rings. The summed E-state index contributed by atoms with van der Waals surface area (Å²) in [5.74, 6) is -1.38. The summed E-state index contributed by atoms with van der Waals surface area (Å²) in [4.78, 5) is 26.7. The fourth-order valence-corrected chi connectivity index (χ4v) is 7.65. The Labute approximate surface area is 257 Å². The number of alkyl halides is 3. The molecule has 1 saturated heterocycles. The van der Waals surface area contributed by atoms with Crippen LogP contribution in [0.15, 0.2) is 12.1 Å². The Hall–Kier alpha value is -2.67. The fraction of sp³-hybridized carbons (Fsp3) is 0.710. The van der Waals surface area contributed by atoms with Crippen LogP contribution in [-0.2, 0) is 20.1 Å². The van der Waals surface area contributed by atoms with E-state index in [1.54, 1.807) is 27.7 Å². The molecule has 1 amide bonds. The van der Waals surface area contributed by atoms with Gasteiger partial charge >= 0.3 is 12.3 Å². The maximum atomic E-state index is 15.2. The third-order valence-corrected chi connectivity index (χ3v) is 13.5. The largest absolute Gasteiger partial charge is 0.491 e. The monoisotopic (exact) mass is 643 g/mol. The van der Waals surface area contributed by atoms with Crippen molar-refractivity contribution < 1.29 is 41.1 Å². The van der Waals surface area contributed by atoms with Crippen LogP contribution in [0.2, 0.25) is 18.1 Å². The van der Waals surface area contributed by atoms with Gasteiger partial charge in [0.25, 0.3) is 0 Å². The molecule has 44 heavy (non-hydrogen) atoms. The quantitative estimate of drug-likeness (QED) is 0.234. The van der Waals surface area contributed by atoms with E-state index in [-0.39, 0.29) is 46.9 Å². The molecule has 0 bridgehead atoms. The number of carbonyl (C=O) groups excluding carboxylic acids is 2. The van der Waals surface area contributed by atoms with Gasteiger partial charge in [0, 0.05) is 18.9 Å². The Morgan fingerprint density at radius 3 is 2.25 bits per heavy atom. The highest BCUT2D eigenvalue weighted by molar-refractivity contribution is 6.74. The second-order valence-corrected chi connectivity index (χ2v) is 19.8. The molecular weight excluding hydrogens is 598 g/mol. The van der Waals surface area contributed by atoms with Crippen molar-refractivity contribution in [1.29, 1.82) is 0 Å². The highest BCUT2D eigenvalue weighted by Gasteiger charge is 2.50. The SMILES string of the molecule is C[C@H]1CC(=O)C[C@@H](COc2cc(C(F)(F)F)c3c(c2)c(F)nn3C2CC(C)(O[Si](C)(C)C(C)(C)C)C2)N1C(=O)OC(C)(C)C. The number of amides is 1. The molecule has 1 aliphatic heterocycles. The van der Waals surface area contributed by atoms with E-state index in [1.165, 1.54) is 11.0 Å². The lowest BCUT2D eigenvalue weighted by Crippen LogP contribution is -2.54. The normalized spacial score (nSPS) is 25.3. The van der Waals surface area contributed by atoms with E-state index < -0.39 is 61.4 Å². The van der Waals surface area contributed by atoms with E-state index in [1.807, 2.05) is 6.92 Å². The van der Waals surface area contributed by atoms with Gasteiger partial charge in [0.2, 0.25) is 5.95 Å². The molecule has 4 rings (SSSR count). The molecule has 2 heterocycles. The number of nitrogens with zero attached hydrogens (tertiary/aromatic N) is 3. The smallest absolute Gasteiger partial charge is 0.418 e. The Kier molecular flexibility index (Phi) is 8.78. The average molecular weight is 644 g/mol. The predicted molar refractivity (Wildman–Crippen MR) is 161 cm³/mol. The summed E-state index contributed by atoms with van der Waals surface area (Å²) in [6.45, 7) is 19.1. The van der Waals surface area contributed by atoms with Gasteiger partial charge in [-0.05, 0) is 77.7 Å². The van der Waals surface area contributed by atoms with Gasteiger partial charge in [-0.1, -0.05) is 20.8 Å². The zero-order chi connectivity index (χ0) is 33.2. The molecule has 246 valence electrons. The van der Waals surface area contributed by atoms with Crippen molar-refractivity contribution in [3.63, 3.8) is 0 Å². The second-order valence-electron chi connectivity index (χ2n) is 15.1. The lowest BCUT2D eigenvalue weighted by Gasteiger charge is -2.51. The predicted octanol–water partition coefficient (Wildman–Crippen LogP) is 8.05. The number of halogens is 4. The van der Waals surface area contributed by atoms with Gasteiger partial charge in [0.05, 0.1) is 34.2 Å². The summed E-state index contributed by atoms with van der Waals surface area (Å²) in [6, 6.07) is 0.293. The molecule has 0 spiro atoms. The molecule has 8 nitrogen and oxygen atoms in total. The lowest BCUT2D eigenvalue weighted by atomic mass is 9.77. The number of ether oxygens (including phenoxy) is 2. The number of hydrogen-bond acceptors (Lipinski definition) is 6. The Bertz CT molecular complexity index is 1420. The second kappa shape index (κ2) is 11.3. The molecule has 2 aliphatic rings. The van der Waals surface area contributed by atoms with Crippen LogP contribution in [0.4, 0.5) is 22.4 Å². The van der Waals surface area contributed by atoms with Crippen molar-refractivity contribution >= 4 is 31.1 Å². The number of Topliss-reactive ketones (excluding diaryl/α,β-unsaturated/α-hetero) is 1. The van der Waals surface area contributed by atoms with Crippen LogP contribution in [0.3, 0.4) is 0 Å². The minimum absolute atomic E-state index is 0.0400. The van der Waals surface area contributed by atoms with E-state index in [0.29, 0.717) is 12.8 Å². The van der Waals surface area contributed by atoms with Crippen LogP contribution in [0.25, 0.3) is 10.9 Å². The molecule has 0 unspecified atom stereocenters. The number of hydrogen-bond donors (Lipinski definition) is 0. The van der Waals surface area contributed by atoms with Gasteiger partial charge in [-0.25, -0.2) is 4.79 Å². The van der Waals surface area contributed by atoms with E-state index in [2.05, 4.69) is 39.0 Å². The van der Waals surface area contributed by atoms with Gasteiger partial charge in [0.15, 0.2) is 8.32 Å². The summed E-state index contributed by atoms with van der Waals surface area (Å²) in [5, 5.41) is 3.56. The van der Waals surface area contributed by atoms with Crippen molar-refractivity contribution in [2.24, 2.45) is 0 Å². The minimum Gasteiger partial charge on any atom is -0.491 e. The number of likely N-dealkylation sites (tertiary alicyclic amines) is 1. The van der Waals surface area contributed by atoms with Gasteiger partial charge in [0.1, 0.15) is 23.7 Å². The van der Waals surface area contributed by atoms with Crippen LogP contribution >= 0.6 is 0 Å². The number of benzene rings is 1. The van der Waals surface area contributed by atoms with E-state index >= 15 is 4.39 Å². The highest BCUT2D eigenvalue weighted by atomic mass is 28.4. The molecular formula is C31H45F4N3O5Si. The lowest BCUT2D eigenvalue weighted by molar-refractivity contribution is -0.136.